The van der Waals surface area contributed by atoms with Gasteiger partial charge in [-0.2, -0.15) is 0 Å². The second-order valence-electron chi connectivity index (χ2n) is 3.75. The Morgan fingerprint density at radius 2 is 2.25 bits per heavy atom. The molecule has 0 spiro atoms. The average Bonchev–Trinajstić information content (AvgIpc) is 2.24. The highest BCUT2D eigenvalue weighted by atomic mass is 35.5. The Bertz CT molecular complexity index is 333. The van der Waals surface area contributed by atoms with E-state index in [1.165, 1.54) is 12.1 Å². The van der Waals surface area contributed by atoms with Gasteiger partial charge in [-0.05, 0) is 45.5 Å². The van der Waals surface area contributed by atoms with E-state index in [0.717, 1.165) is 19.4 Å². The molecular formula is C12H17ClFNO. The fraction of sp³-hybridized carbons (Fsp3) is 0.500. The zero-order valence-electron chi connectivity index (χ0n) is 9.59. The summed E-state index contributed by atoms with van der Waals surface area (Å²) in [5, 5.41) is 3.19. The number of ether oxygens (including phenoxy) is 1. The van der Waals surface area contributed by atoms with Gasteiger partial charge in [-0.1, -0.05) is 11.6 Å². The van der Waals surface area contributed by atoms with Crippen molar-refractivity contribution in [3.8, 4) is 5.75 Å². The summed E-state index contributed by atoms with van der Waals surface area (Å²) in [5.41, 5.74) is 0. The van der Waals surface area contributed by atoms with Crippen LogP contribution in [0.25, 0.3) is 0 Å². The van der Waals surface area contributed by atoms with Crippen molar-refractivity contribution in [2.24, 2.45) is 0 Å². The highest BCUT2D eigenvalue weighted by Crippen LogP contribution is 2.21. The number of hydrogen-bond donors (Lipinski definition) is 1. The first-order valence-electron chi connectivity index (χ1n) is 5.39. The molecule has 1 aromatic rings. The van der Waals surface area contributed by atoms with Crippen LogP contribution in [-0.2, 0) is 0 Å². The molecule has 1 aromatic carbocycles. The van der Waals surface area contributed by atoms with Crippen molar-refractivity contribution < 1.29 is 9.13 Å². The Morgan fingerprint density at radius 1 is 1.50 bits per heavy atom. The molecule has 0 fully saturated rings. The molecule has 2 nitrogen and oxygen atoms in total. The molecule has 1 unspecified atom stereocenters. The Hall–Kier alpha value is -0.800. The van der Waals surface area contributed by atoms with E-state index in [1.54, 1.807) is 6.07 Å². The molecular weight excluding hydrogens is 229 g/mol. The van der Waals surface area contributed by atoms with E-state index in [0.29, 0.717) is 5.75 Å². The van der Waals surface area contributed by atoms with Gasteiger partial charge in [0.1, 0.15) is 11.6 Å². The molecule has 0 saturated carbocycles. The fourth-order valence-corrected chi connectivity index (χ4v) is 1.53. The number of benzene rings is 1. The zero-order chi connectivity index (χ0) is 12.0. The van der Waals surface area contributed by atoms with Crippen LogP contribution in [0, 0.1) is 5.82 Å². The van der Waals surface area contributed by atoms with E-state index in [9.17, 15) is 4.39 Å². The first-order valence-corrected chi connectivity index (χ1v) is 5.77. The summed E-state index contributed by atoms with van der Waals surface area (Å²) in [5.74, 6) is 0.0837. The smallest absolute Gasteiger partial charge is 0.145 e. The number of halogens is 2. The Kier molecular flexibility index (Phi) is 5.56. The van der Waals surface area contributed by atoms with Crippen LogP contribution >= 0.6 is 11.6 Å². The molecule has 1 atom stereocenters. The van der Waals surface area contributed by atoms with E-state index in [4.69, 9.17) is 16.3 Å². The molecule has 0 radical (unpaired) electrons. The van der Waals surface area contributed by atoms with Crippen LogP contribution in [0.5, 0.6) is 5.75 Å². The van der Waals surface area contributed by atoms with Crippen LogP contribution in [0.3, 0.4) is 0 Å². The van der Waals surface area contributed by atoms with E-state index in [-0.39, 0.29) is 11.1 Å². The summed E-state index contributed by atoms with van der Waals surface area (Å²) in [6.45, 7) is 2.94. The molecule has 0 bridgehead atoms. The molecule has 0 saturated heterocycles. The van der Waals surface area contributed by atoms with Gasteiger partial charge in [0.05, 0.1) is 11.1 Å². The second-order valence-corrected chi connectivity index (χ2v) is 4.16. The quantitative estimate of drug-likeness (QED) is 0.777. The van der Waals surface area contributed by atoms with Gasteiger partial charge in [-0.3, -0.25) is 0 Å². The third-order valence-corrected chi connectivity index (χ3v) is 2.57. The van der Waals surface area contributed by atoms with Crippen molar-refractivity contribution in [1.82, 2.24) is 5.32 Å². The van der Waals surface area contributed by atoms with Crippen molar-refractivity contribution in [3.05, 3.63) is 29.0 Å². The van der Waals surface area contributed by atoms with Crippen LogP contribution < -0.4 is 10.1 Å². The Balaban J connectivity index is 2.43. The summed E-state index contributed by atoms with van der Waals surface area (Å²) in [6, 6.07) is 4.50. The molecule has 16 heavy (non-hydrogen) atoms. The van der Waals surface area contributed by atoms with Gasteiger partial charge in [-0.25, -0.2) is 4.39 Å². The van der Waals surface area contributed by atoms with Gasteiger partial charge in [0.15, 0.2) is 0 Å². The molecule has 0 aliphatic carbocycles. The summed E-state index contributed by atoms with van der Waals surface area (Å²) >= 11 is 5.58. The molecule has 1 rings (SSSR count). The topological polar surface area (TPSA) is 21.3 Å². The molecule has 0 aromatic heterocycles. The van der Waals surface area contributed by atoms with Crippen LogP contribution in [-0.4, -0.2) is 19.7 Å². The van der Waals surface area contributed by atoms with Crippen molar-refractivity contribution in [2.45, 2.75) is 25.9 Å². The minimum absolute atomic E-state index is 0.0777. The first kappa shape index (κ1) is 13.3. The second kappa shape index (κ2) is 6.71. The number of hydrogen-bond acceptors (Lipinski definition) is 2. The predicted octanol–water partition coefficient (Wildman–Crippen LogP) is 3.25. The molecule has 0 amide bonds. The van der Waals surface area contributed by atoms with Gasteiger partial charge in [-0.15, -0.1) is 0 Å². The normalized spacial score (nSPS) is 12.5. The molecule has 0 aliphatic heterocycles. The SMILES string of the molecule is CNCCCC(C)Oc1ccc(Cl)c(F)c1. The van der Waals surface area contributed by atoms with E-state index in [1.807, 2.05) is 14.0 Å². The summed E-state index contributed by atoms with van der Waals surface area (Å²) < 4.78 is 18.7. The maximum Gasteiger partial charge on any atom is 0.145 e. The molecule has 0 heterocycles. The lowest BCUT2D eigenvalue weighted by atomic mass is 10.2. The first-order chi connectivity index (χ1) is 7.63. The maximum absolute atomic E-state index is 13.1. The third kappa shape index (κ3) is 4.37. The minimum atomic E-state index is -0.443. The monoisotopic (exact) mass is 245 g/mol. The Labute approximate surface area is 101 Å². The van der Waals surface area contributed by atoms with Gasteiger partial charge < -0.3 is 10.1 Å². The molecule has 1 N–H and O–H groups in total. The minimum Gasteiger partial charge on any atom is -0.491 e. The van der Waals surface area contributed by atoms with Crippen LogP contribution in [0.1, 0.15) is 19.8 Å². The van der Waals surface area contributed by atoms with Crippen LogP contribution in [0.2, 0.25) is 5.02 Å². The number of nitrogens with one attached hydrogen (secondary N) is 1. The lowest BCUT2D eigenvalue weighted by Gasteiger charge is -2.14. The highest BCUT2D eigenvalue weighted by Gasteiger charge is 2.06. The highest BCUT2D eigenvalue weighted by molar-refractivity contribution is 6.30. The van der Waals surface area contributed by atoms with Gasteiger partial charge >= 0.3 is 0 Å². The number of rotatable bonds is 6. The van der Waals surface area contributed by atoms with E-state index >= 15 is 0 Å². The maximum atomic E-state index is 13.1. The van der Waals surface area contributed by atoms with Crippen molar-refractivity contribution >= 4 is 11.6 Å². The fourth-order valence-electron chi connectivity index (χ4n) is 1.41. The predicted molar refractivity (Wildman–Crippen MR) is 64.7 cm³/mol. The molecule has 0 aliphatic rings. The summed E-state index contributed by atoms with van der Waals surface area (Å²) in [7, 11) is 1.92. The average molecular weight is 246 g/mol. The van der Waals surface area contributed by atoms with Gasteiger partial charge in [0.25, 0.3) is 0 Å². The van der Waals surface area contributed by atoms with Crippen molar-refractivity contribution in [2.75, 3.05) is 13.6 Å². The van der Waals surface area contributed by atoms with Gasteiger partial charge in [0, 0.05) is 6.07 Å². The summed E-state index contributed by atoms with van der Waals surface area (Å²) in [4.78, 5) is 0. The van der Waals surface area contributed by atoms with E-state index in [2.05, 4.69) is 5.32 Å². The third-order valence-electron chi connectivity index (χ3n) is 2.27. The molecule has 4 heteroatoms. The zero-order valence-corrected chi connectivity index (χ0v) is 10.4. The lowest BCUT2D eigenvalue weighted by Crippen LogP contribution is -2.15. The largest absolute Gasteiger partial charge is 0.491 e. The van der Waals surface area contributed by atoms with Crippen molar-refractivity contribution in [3.63, 3.8) is 0 Å². The Morgan fingerprint density at radius 3 is 2.88 bits per heavy atom. The van der Waals surface area contributed by atoms with Crippen LogP contribution in [0.4, 0.5) is 4.39 Å². The lowest BCUT2D eigenvalue weighted by molar-refractivity contribution is 0.207. The standard InChI is InChI=1S/C12H17ClFNO/c1-9(4-3-7-15-2)16-10-5-6-11(13)12(14)8-10/h5-6,8-9,15H,3-4,7H2,1-2H3. The van der Waals surface area contributed by atoms with E-state index < -0.39 is 5.82 Å². The van der Waals surface area contributed by atoms with Crippen LogP contribution in [0.15, 0.2) is 18.2 Å². The summed E-state index contributed by atoms with van der Waals surface area (Å²) in [6.07, 6.45) is 2.05. The molecule has 90 valence electrons. The van der Waals surface area contributed by atoms with Crippen molar-refractivity contribution in [1.29, 1.82) is 0 Å². The van der Waals surface area contributed by atoms with Gasteiger partial charge in [0.2, 0.25) is 0 Å².